The van der Waals surface area contributed by atoms with Gasteiger partial charge in [0.05, 0.1) is 0 Å². The van der Waals surface area contributed by atoms with Crippen molar-refractivity contribution in [3.05, 3.63) is 23.4 Å². The summed E-state index contributed by atoms with van der Waals surface area (Å²) in [5.74, 6) is 0. The summed E-state index contributed by atoms with van der Waals surface area (Å²) in [4.78, 5) is 3.85. The number of unbranched alkanes of at least 4 members (excludes halogenated alkanes) is 1. The lowest BCUT2D eigenvalue weighted by Crippen LogP contribution is -1.71. The Morgan fingerprint density at radius 3 is 2.58 bits per heavy atom. The van der Waals surface area contributed by atoms with E-state index in [1.54, 1.807) is 19.2 Å². The van der Waals surface area contributed by atoms with Crippen molar-refractivity contribution in [2.24, 2.45) is 4.99 Å². The minimum Gasteiger partial charge on any atom is -0.249 e. The Morgan fingerprint density at radius 1 is 1.42 bits per heavy atom. The second-order valence-electron chi connectivity index (χ2n) is 2.32. The molecule has 1 nitrogen and oxygen atoms in total. The normalized spacial score (nSPS) is 14.3. The van der Waals surface area contributed by atoms with E-state index in [4.69, 9.17) is 23.2 Å². The Morgan fingerprint density at radius 2 is 2.08 bits per heavy atom. The van der Waals surface area contributed by atoms with E-state index in [-0.39, 0.29) is 0 Å². The first-order valence-electron chi connectivity index (χ1n) is 3.89. The predicted molar refractivity (Wildman–Crippen MR) is 56.9 cm³/mol. The Bertz CT molecular complexity index is 201. The molecule has 0 radical (unpaired) electrons. The number of hydrogen-bond acceptors (Lipinski definition) is 1. The average Bonchev–Trinajstić information content (AvgIpc) is 2.00. The van der Waals surface area contributed by atoms with Gasteiger partial charge in [0.2, 0.25) is 0 Å². The van der Waals surface area contributed by atoms with Gasteiger partial charge < -0.3 is 0 Å². The van der Waals surface area contributed by atoms with E-state index >= 15 is 0 Å². The SMILES string of the molecule is CCC/C=C(Cl)/C=C\N=C(/C)Cl. The number of hydrogen-bond donors (Lipinski definition) is 0. The van der Waals surface area contributed by atoms with Crippen LogP contribution in [0.1, 0.15) is 26.7 Å². The summed E-state index contributed by atoms with van der Waals surface area (Å²) >= 11 is 11.3. The van der Waals surface area contributed by atoms with E-state index in [9.17, 15) is 0 Å². The molecule has 0 heterocycles. The van der Waals surface area contributed by atoms with Gasteiger partial charge in [-0.3, -0.25) is 0 Å². The van der Waals surface area contributed by atoms with Crippen LogP contribution in [0.2, 0.25) is 0 Å². The number of nitrogens with zero attached hydrogens (tertiary/aromatic N) is 1. The van der Waals surface area contributed by atoms with Crippen LogP contribution in [0.25, 0.3) is 0 Å². The summed E-state index contributed by atoms with van der Waals surface area (Å²) < 4.78 is 0. The largest absolute Gasteiger partial charge is 0.249 e. The molecule has 12 heavy (non-hydrogen) atoms. The van der Waals surface area contributed by atoms with Crippen LogP contribution in [-0.2, 0) is 0 Å². The van der Waals surface area contributed by atoms with Crippen molar-refractivity contribution in [3.8, 4) is 0 Å². The maximum Gasteiger partial charge on any atom is 0.103 e. The van der Waals surface area contributed by atoms with Gasteiger partial charge in [-0.05, 0) is 19.4 Å². The first kappa shape index (κ1) is 11.7. The van der Waals surface area contributed by atoms with Crippen LogP contribution in [0.4, 0.5) is 0 Å². The molecule has 0 N–H and O–H groups in total. The van der Waals surface area contributed by atoms with Gasteiger partial charge in [0.25, 0.3) is 0 Å². The van der Waals surface area contributed by atoms with Gasteiger partial charge >= 0.3 is 0 Å². The minimum atomic E-state index is 0.506. The topological polar surface area (TPSA) is 12.4 Å². The highest BCUT2D eigenvalue weighted by atomic mass is 35.5. The first-order chi connectivity index (χ1) is 5.66. The molecular weight excluding hydrogens is 193 g/mol. The Kier molecular flexibility index (Phi) is 7.22. The summed E-state index contributed by atoms with van der Waals surface area (Å²) in [5, 5.41) is 1.21. The summed E-state index contributed by atoms with van der Waals surface area (Å²) in [6.45, 7) is 3.82. The van der Waals surface area contributed by atoms with Crippen molar-refractivity contribution in [1.29, 1.82) is 0 Å². The van der Waals surface area contributed by atoms with Crippen LogP contribution in [0.5, 0.6) is 0 Å². The molecule has 0 rings (SSSR count). The molecule has 0 saturated carbocycles. The molecule has 0 aromatic heterocycles. The molecule has 0 fully saturated rings. The third kappa shape index (κ3) is 7.83. The zero-order valence-electron chi connectivity index (χ0n) is 7.35. The van der Waals surface area contributed by atoms with Crippen molar-refractivity contribution >= 4 is 28.4 Å². The highest BCUT2D eigenvalue weighted by Gasteiger charge is 1.82. The zero-order valence-corrected chi connectivity index (χ0v) is 8.86. The molecule has 0 aromatic carbocycles. The Labute approximate surface area is 83.8 Å². The molecule has 0 bridgehead atoms. The highest BCUT2D eigenvalue weighted by molar-refractivity contribution is 6.64. The lowest BCUT2D eigenvalue weighted by molar-refractivity contribution is 0.957. The fraction of sp³-hybridized carbons (Fsp3) is 0.444. The van der Waals surface area contributed by atoms with E-state index in [0.29, 0.717) is 10.2 Å². The van der Waals surface area contributed by atoms with E-state index in [2.05, 4.69) is 11.9 Å². The number of halogens is 2. The maximum absolute atomic E-state index is 5.81. The van der Waals surface area contributed by atoms with E-state index < -0.39 is 0 Å². The predicted octanol–water partition coefficient (Wildman–Crippen LogP) is 4.08. The van der Waals surface area contributed by atoms with Crippen LogP contribution in [0.15, 0.2) is 28.4 Å². The quantitative estimate of drug-likeness (QED) is 0.485. The zero-order chi connectivity index (χ0) is 9.40. The van der Waals surface area contributed by atoms with Crippen molar-refractivity contribution in [3.63, 3.8) is 0 Å². The van der Waals surface area contributed by atoms with E-state index in [1.807, 2.05) is 6.08 Å². The number of rotatable bonds is 4. The van der Waals surface area contributed by atoms with Crippen molar-refractivity contribution < 1.29 is 0 Å². The van der Waals surface area contributed by atoms with Gasteiger partial charge in [0.15, 0.2) is 0 Å². The Balaban J connectivity index is 3.90. The monoisotopic (exact) mass is 205 g/mol. The number of aliphatic imine (C=N–C) groups is 1. The lowest BCUT2D eigenvalue weighted by Gasteiger charge is -1.87. The molecule has 0 aliphatic heterocycles. The summed E-state index contributed by atoms with van der Waals surface area (Å²) in [6.07, 6.45) is 7.37. The van der Waals surface area contributed by atoms with E-state index in [0.717, 1.165) is 12.8 Å². The lowest BCUT2D eigenvalue weighted by atomic mass is 10.3. The van der Waals surface area contributed by atoms with Crippen LogP contribution in [0.3, 0.4) is 0 Å². The first-order valence-corrected chi connectivity index (χ1v) is 4.64. The van der Waals surface area contributed by atoms with Gasteiger partial charge in [-0.2, -0.15) is 0 Å². The number of allylic oxidation sites excluding steroid dienone is 3. The Hall–Kier alpha value is -0.270. The minimum absolute atomic E-state index is 0.506. The van der Waals surface area contributed by atoms with Gasteiger partial charge in [0.1, 0.15) is 5.17 Å². The van der Waals surface area contributed by atoms with Gasteiger partial charge in [0, 0.05) is 11.2 Å². The van der Waals surface area contributed by atoms with Crippen molar-refractivity contribution in [2.75, 3.05) is 0 Å². The molecule has 0 aliphatic carbocycles. The molecule has 68 valence electrons. The van der Waals surface area contributed by atoms with Gasteiger partial charge in [-0.1, -0.05) is 42.6 Å². The maximum atomic E-state index is 5.81. The molecule has 0 saturated heterocycles. The third-order valence-corrected chi connectivity index (χ3v) is 1.49. The van der Waals surface area contributed by atoms with E-state index in [1.165, 1.54) is 0 Å². The fourth-order valence-electron chi connectivity index (χ4n) is 0.561. The molecule has 0 spiro atoms. The van der Waals surface area contributed by atoms with Crippen LogP contribution in [-0.4, -0.2) is 5.17 Å². The average molecular weight is 206 g/mol. The molecule has 0 aliphatic rings. The summed E-state index contributed by atoms with van der Waals surface area (Å²) in [7, 11) is 0. The molecule has 0 unspecified atom stereocenters. The molecule has 3 heteroatoms. The summed E-state index contributed by atoms with van der Waals surface area (Å²) in [6, 6.07) is 0. The van der Waals surface area contributed by atoms with Crippen molar-refractivity contribution in [2.45, 2.75) is 26.7 Å². The van der Waals surface area contributed by atoms with Crippen LogP contribution < -0.4 is 0 Å². The standard InChI is InChI=1S/C9H13Cl2N/c1-3-4-5-9(11)6-7-12-8(2)10/h5-7H,3-4H2,1-2H3/b7-6-,9-5-,12-8+. The molecular formula is C9H13Cl2N. The second kappa shape index (κ2) is 7.38. The van der Waals surface area contributed by atoms with Gasteiger partial charge in [-0.15, -0.1) is 0 Å². The molecule has 0 atom stereocenters. The fourth-order valence-corrected chi connectivity index (χ4v) is 0.783. The van der Waals surface area contributed by atoms with Crippen LogP contribution in [0, 0.1) is 0 Å². The highest BCUT2D eigenvalue weighted by Crippen LogP contribution is 2.05. The third-order valence-electron chi connectivity index (χ3n) is 1.11. The smallest absolute Gasteiger partial charge is 0.103 e. The molecule has 0 aromatic rings. The van der Waals surface area contributed by atoms with Gasteiger partial charge in [-0.25, -0.2) is 4.99 Å². The molecule has 0 amide bonds. The van der Waals surface area contributed by atoms with Crippen LogP contribution >= 0.6 is 23.2 Å². The second-order valence-corrected chi connectivity index (χ2v) is 3.30. The summed E-state index contributed by atoms with van der Waals surface area (Å²) in [5.41, 5.74) is 0. The van der Waals surface area contributed by atoms with Crippen molar-refractivity contribution in [1.82, 2.24) is 0 Å².